The first kappa shape index (κ1) is 13.6. The summed E-state index contributed by atoms with van der Waals surface area (Å²) in [4.78, 5) is 0. The highest BCUT2D eigenvalue weighted by Gasteiger charge is 2.20. The van der Waals surface area contributed by atoms with Crippen LogP contribution in [0.2, 0.25) is 0 Å². The van der Waals surface area contributed by atoms with Gasteiger partial charge >= 0.3 is 0 Å². The molecule has 0 aromatic heterocycles. The fraction of sp³-hybridized carbons (Fsp3) is 0.250. The third-order valence-corrected chi connectivity index (χ3v) is 3.65. The monoisotopic (exact) mass is 335 g/mol. The Morgan fingerprint density at radius 2 is 2.00 bits per heavy atom. The summed E-state index contributed by atoms with van der Waals surface area (Å²) in [5.74, 6) is 0.942. The number of halogens is 2. The van der Waals surface area contributed by atoms with Gasteiger partial charge in [0.15, 0.2) is 0 Å². The van der Waals surface area contributed by atoms with Gasteiger partial charge in [0.25, 0.3) is 0 Å². The zero-order valence-electron chi connectivity index (χ0n) is 10.9. The average Bonchev–Trinajstić information content (AvgIpc) is 3.20. The van der Waals surface area contributed by atoms with Gasteiger partial charge in [0.05, 0.1) is 0 Å². The second kappa shape index (κ2) is 5.94. The standard InChI is InChI=1S/C16H15BrFNO/c17-12-7-13(18)9-15(8-12)20-16-4-2-1-3-11(16)10-19-14-5-6-14/h1-4,7-9,14,19H,5-6,10H2. The first-order valence-corrected chi connectivity index (χ1v) is 7.45. The summed E-state index contributed by atoms with van der Waals surface area (Å²) >= 11 is 3.27. The number of hydrogen-bond acceptors (Lipinski definition) is 2. The van der Waals surface area contributed by atoms with Crippen LogP contribution in [0.4, 0.5) is 4.39 Å². The van der Waals surface area contributed by atoms with Crippen molar-refractivity contribution in [2.45, 2.75) is 25.4 Å². The lowest BCUT2D eigenvalue weighted by Gasteiger charge is -2.12. The van der Waals surface area contributed by atoms with E-state index in [0.717, 1.165) is 17.9 Å². The molecule has 1 aliphatic rings. The smallest absolute Gasteiger partial charge is 0.131 e. The number of hydrogen-bond donors (Lipinski definition) is 1. The van der Waals surface area contributed by atoms with Crippen LogP contribution in [0, 0.1) is 5.82 Å². The van der Waals surface area contributed by atoms with Crippen molar-refractivity contribution in [2.24, 2.45) is 0 Å². The van der Waals surface area contributed by atoms with Crippen LogP contribution in [0.15, 0.2) is 46.9 Å². The zero-order chi connectivity index (χ0) is 13.9. The van der Waals surface area contributed by atoms with Gasteiger partial charge in [-0.1, -0.05) is 34.1 Å². The summed E-state index contributed by atoms with van der Waals surface area (Å²) in [5, 5.41) is 3.46. The van der Waals surface area contributed by atoms with Crippen molar-refractivity contribution in [3.05, 3.63) is 58.3 Å². The highest BCUT2D eigenvalue weighted by atomic mass is 79.9. The molecule has 1 fully saturated rings. The fourth-order valence-corrected chi connectivity index (χ4v) is 2.45. The first-order valence-electron chi connectivity index (χ1n) is 6.66. The highest BCUT2D eigenvalue weighted by Crippen LogP contribution is 2.29. The summed E-state index contributed by atoms with van der Waals surface area (Å²) in [6.07, 6.45) is 2.50. The molecule has 0 bridgehead atoms. The topological polar surface area (TPSA) is 21.3 Å². The van der Waals surface area contributed by atoms with E-state index in [4.69, 9.17) is 4.74 Å². The molecule has 0 heterocycles. The predicted molar refractivity (Wildman–Crippen MR) is 80.5 cm³/mol. The highest BCUT2D eigenvalue weighted by molar-refractivity contribution is 9.10. The Morgan fingerprint density at radius 1 is 1.20 bits per heavy atom. The number of ether oxygens (including phenoxy) is 1. The second-order valence-corrected chi connectivity index (χ2v) is 5.89. The Hall–Kier alpha value is -1.39. The van der Waals surface area contributed by atoms with E-state index in [1.54, 1.807) is 6.07 Å². The minimum atomic E-state index is -0.317. The second-order valence-electron chi connectivity index (χ2n) is 4.97. The van der Waals surface area contributed by atoms with Gasteiger partial charge in [0, 0.05) is 28.7 Å². The van der Waals surface area contributed by atoms with Gasteiger partial charge in [0.2, 0.25) is 0 Å². The minimum absolute atomic E-state index is 0.317. The molecule has 2 aromatic carbocycles. The van der Waals surface area contributed by atoms with Crippen LogP contribution in [-0.2, 0) is 6.54 Å². The van der Waals surface area contributed by atoms with Crippen LogP contribution in [0.1, 0.15) is 18.4 Å². The third kappa shape index (κ3) is 3.58. The van der Waals surface area contributed by atoms with Gasteiger partial charge in [-0.05, 0) is 31.0 Å². The van der Waals surface area contributed by atoms with Crippen LogP contribution in [-0.4, -0.2) is 6.04 Å². The van der Waals surface area contributed by atoms with Crippen LogP contribution in [0.5, 0.6) is 11.5 Å². The van der Waals surface area contributed by atoms with Gasteiger partial charge in [-0.15, -0.1) is 0 Å². The molecule has 1 N–H and O–H groups in total. The van der Waals surface area contributed by atoms with Crippen molar-refractivity contribution < 1.29 is 9.13 Å². The fourth-order valence-electron chi connectivity index (χ4n) is 2.01. The van der Waals surface area contributed by atoms with Crippen LogP contribution >= 0.6 is 15.9 Å². The lowest BCUT2D eigenvalue weighted by Crippen LogP contribution is -2.15. The lowest BCUT2D eigenvalue weighted by molar-refractivity contribution is 0.467. The maximum atomic E-state index is 13.4. The number of nitrogens with one attached hydrogen (secondary N) is 1. The Bertz CT molecular complexity index is 593. The van der Waals surface area contributed by atoms with E-state index in [0.29, 0.717) is 16.3 Å². The molecule has 0 aliphatic heterocycles. The van der Waals surface area contributed by atoms with Crippen molar-refractivity contribution in [3.63, 3.8) is 0 Å². The number of rotatable bonds is 5. The van der Waals surface area contributed by atoms with E-state index in [1.807, 2.05) is 24.3 Å². The Labute approximate surface area is 126 Å². The number of para-hydroxylation sites is 1. The first-order chi connectivity index (χ1) is 9.70. The quantitative estimate of drug-likeness (QED) is 0.859. The van der Waals surface area contributed by atoms with Crippen LogP contribution in [0.3, 0.4) is 0 Å². The van der Waals surface area contributed by atoms with Gasteiger partial charge in [-0.3, -0.25) is 0 Å². The molecule has 0 spiro atoms. The molecular formula is C16H15BrFNO. The molecule has 1 aliphatic carbocycles. The van der Waals surface area contributed by atoms with E-state index in [-0.39, 0.29) is 5.82 Å². The minimum Gasteiger partial charge on any atom is -0.457 e. The molecule has 4 heteroatoms. The molecule has 1 saturated carbocycles. The summed E-state index contributed by atoms with van der Waals surface area (Å²) in [5.41, 5.74) is 1.08. The molecule has 3 rings (SSSR count). The van der Waals surface area contributed by atoms with Crippen molar-refractivity contribution in [1.82, 2.24) is 5.32 Å². The molecule has 0 saturated heterocycles. The summed E-state index contributed by atoms with van der Waals surface area (Å²) in [6.45, 7) is 0.775. The summed E-state index contributed by atoms with van der Waals surface area (Å²) in [6, 6.07) is 13.0. The summed E-state index contributed by atoms with van der Waals surface area (Å²) in [7, 11) is 0. The molecule has 104 valence electrons. The van der Waals surface area contributed by atoms with Crippen LogP contribution in [0.25, 0.3) is 0 Å². The normalized spacial score (nSPS) is 14.3. The average molecular weight is 336 g/mol. The van der Waals surface area contributed by atoms with Gasteiger partial charge in [-0.2, -0.15) is 0 Å². The Kier molecular flexibility index (Phi) is 4.03. The Balaban J connectivity index is 1.78. The molecule has 0 radical (unpaired) electrons. The molecular weight excluding hydrogens is 321 g/mol. The molecule has 0 amide bonds. The molecule has 2 aromatic rings. The molecule has 0 atom stereocenters. The molecule has 2 nitrogen and oxygen atoms in total. The van der Waals surface area contributed by atoms with E-state index in [9.17, 15) is 4.39 Å². The van der Waals surface area contributed by atoms with E-state index >= 15 is 0 Å². The summed E-state index contributed by atoms with van der Waals surface area (Å²) < 4.78 is 19.9. The molecule has 20 heavy (non-hydrogen) atoms. The maximum absolute atomic E-state index is 13.4. The van der Waals surface area contributed by atoms with Gasteiger partial charge in [0.1, 0.15) is 17.3 Å². The van der Waals surface area contributed by atoms with E-state index < -0.39 is 0 Å². The largest absolute Gasteiger partial charge is 0.457 e. The van der Waals surface area contributed by atoms with Gasteiger partial charge in [-0.25, -0.2) is 4.39 Å². The SMILES string of the molecule is Fc1cc(Br)cc(Oc2ccccc2CNC2CC2)c1. The third-order valence-electron chi connectivity index (χ3n) is 3.20. The van der Waals surface area contributed by atoms with Crippen molar-refractivity contribution in [2.75, 3.05) is 0 Å². The van der Waals surface area contributed by atoms with Crippen LogP contribution < -0.4 is 10.1 Å². The van der Waals surface area contributed by atoms with Gasteiger partial charge < -0.3 is 10.1 Å². The maximum Gasteiger partial charge on any atom is 0.131 e. The van der Waals surface area contributed by atoms with E-state index in [1.165, 1.54) is 25.0 Å². The van der Waals surface area contributed by atoms with Crippen molar-refractivity contribution in [3.8, 4) is 11.5 Å². The number of benzene rings is 2. The van der Waals surface area contributed by atoms with Crippen molar-refractivity contribution >= 4 is 15.9 Å². The lowest BCUT2D eigenvalue weighted by atomic mass is 10.2. The zero-order valence-corrected chi connectivity index (χ0v) is 12.5. The molecule has 0 unspecified atom stereocenters. The predicted octanol–water partition coefficient (Wildman–Crippen LogP) is 4.63. The van der Waals surface area contributed by atoms with E-state index in [2.05, 4.69) is 21.2 Å². The Morgan fingerprint density at radius 3 is 2.75 bits per heavy atom. The van der Waals surface area contributed by atoms with Crippen molar-refractivity contribution in [1.29, 1.82) is 0 Å².